The summed E-state index contributed by atoms with van der Waals surface area (Å²) in [6, 6.07) is 9.13. The molecule has 3 rings (SSSR count). The Kier molecular flexibility index (Phi) is 7.30. The topological polar surface area (TPSA) is 96.6 Å². The predicted octanol–water partition coefficient (Wildman–Crippen LogP) is 4.13. The van der Waals surface area contributed by atoms with Gasteiger partial charge in [0, 0.05) is 18.7 Å². The van der Waals surface area contributed by atoms with E-state index in [9.17, 15) is 22.0 Å². The second-order valence-electron chi connectivity index (χ2n) is 9.37. The molecule has 35 heavy (non-hydrogen) atoms. The number of rotatable bonds is 7. The van der Waals surface area contributed by atoms with E-state index in [1.165, 1.54) is 18.9 Å². The summed E-state index contributed by atoms with van der Waals surface area (Å²) in [6.45, 7) is 7.61. The number of carbonyl (C=O) groups excluding carboxylic acids is 1. The second kappa shape index (κ2) is 9.73. The molecule has 0 saturated carbocycles. The molecule has 0 aliphatic heterocycles. The van der Waals surface area contributed by atoms with Gasteiger partial charge in [0.05, 0.1) is 18.5 Å². The lowest BCUT2D eigenvalue weighted by atomic mass is 9.87. The molecule has 0 fully saturated rings. The van der Waals surface area contributed by atoms with Gasteiger partial charge in [-0.3, -0.25) is 9.10 Å². The standard InChI is InChI=1S/C24H28F2N4O4S/c1-15(30(35(6,32)33)18-11-12-19(25)20(26)13-18)23(31)29(5)14-21-27-22(28-34-21)16-7-9-17(10-8-16)24(2,3)4/h7-13,15H,14H2,1-6H3. The molecule has 11 heteroatoms. The number of halogens is 2. The minimum absolute atomic E-state index is 0.000242. The summed E-state index contributed by atoms with van der Waals surface area (Å²) in [7, 11) is -2.55. The number of amides is 1. The molecule has 0 saturated heterocycles. The fraction of sp³-hybridized carbons (Fsp3) is 0.375. The van der Waals surface area contributed by atoms with Crippen LogP contribution in [0, 0.1) is 11.6 Å². The van der Waals surface area contributed by atoms with Gasteiger partial charge in [-0.15, -0.1) is 0 Å². The third kappa shape index (κ3) is 6.02. The lowest BCUT2D eigenvalue weighted by Crippen LogP contribution is -2.48. The Morgan fingerprint density at radius 2 is 1.71 bits per heavy atom. The zero-order chi connectivity index (χ0) is 26.1. The smallest absolute Gasteiger partial charge is 0.246 e. The van der Waals surface area contributed by atoms with Crippen molar-refractivity contribution in [2.24, 2.45) is 0 Å². The Balaban J connectivity index is 1.77. The van der Waals surface area contributed by atoms with Crippen molar-refractivity contribution in [3.63, 3.8) is 0 Å². The van der Waals surface area contributed by atoms with Gasteiger partial charge in [0.1, 0.15) is 6.04 Å². The lowest BCUT2D eigenvalue weighted by Gasteiger charge is -2.30. The van der Waals surface area contributed by atoms with Crippen LogP contribution < -0.4 is 4.31 Å². The van der Waals surface area contributed by atoms with Gasteiger partial charge in [-0.2, -0.15) is 4.98 Å². The van der Waals surface area contributed by atoms with E-state index >= 15 is 0 Å². The Morgan fingerprint density at radius 3 is 2.26 bits per heavy atom. The van der Waals surface area contributed by atoms with Crippen molar-refractivity contribution in [3.05, 3.63) is 65.6 Å². The summed E-state index contributed by atoms with van der Waals surface area (Å²) in [4.78, 5) is 18.6. The second-order valence-corrected chi connectivity index (χ2v) is 11.2. The number of hydrogen-bond acceptors (Lipinski definition) is 6. The van der Waals surface area contributed by atoms with Gasteiger partial charge in [-0.25, -0.2) is 17.2 Å². The van der Waals surface area contributed by atoms with E-state index in [2.05, 4.69) is 30.9 Å². The summed E-state index contributed by atoms with van der Waals surface area (Å²) in [5.74, 6) is -2.44. The summed E-state index contributed by atoms with van der Waals surface area (Å²) in [6.07, 6.45) is 0.882. The van der Waals surface area contributed by atoms with Crippen LogP contribution in [0.2, 0.25) is 0 Å². The van der Waals surface area contributed by atoms with Crippen molar-refractivity contribution >= 4 is 21.6 Å². The Morgan fingerprint density at radius 1 is 1.09 bits per heavy atom. The molecule has 1 atom stereocenters. The Bertz CT molecular complexity index is 1320. The maximum Gasteiger partial charge on any atom is 0.246 e. The molecule has 1 aromatic heterocycles. The van der Waals surface area contributed by atoms with E-state index < -0.39 is 33.6 Å². The molecule has 0 aliphatic rings. The molecule has 2 aromatic carbocycles. The number of carbonyl (C=O) groups is 1. The third-order valence-corrected chi connectivity index (χ3v) is 6.69. The maximum atomic E-state index is 13.7. The first kappa shape index (κ1) is 26.3. The highest BCUT2D eigenvalue weighted by Crippen LogP contribution is 2.26. The van der Waals surface area contributed by atoms with Gasteiger partial charge < -0.3 is 9.42 Å². The molecule has 0 bridgehead atoms. The van der Waals surface area contributed by atoms with E-state index in [0.29, 0.717) is 5.82 Å². The first-order valence-electron chi connectivity index (χ1n) is 10.8. The van der Waals surface area contributed by atoms with E-state index in [1.54, 1.807) is 0 Å². The van der Waals surface area contributed by atoms with Crippen LogP contribution in [-0.2, 0) is 26.8 Å². The quantitative estimate of drug-likeness (QED) is 0.478. The molecule has 1 heterocycles. The number of benzene rings is 2. The van der Waals surface area contributed by atoms with Gasteiger partial charge in [-0.1, -0.05) is 50.2 Å². The molecule has 188 valence electrons. The van der Waals surface area contributed by atoms with E-state index in [-0.39, 0.29) is 23.5 Å². The van der Waals surface area contributed by atoms with Crippen molar-refractivity contribution in [1.29, 1.82) is 0 Å². The first-order valence-corrected chi connectivity index (χ1v) is 12.7. The van der Waals surface area contributed by atoms with Crippen molar-refractivity contribution < 1.29 is 26.5 Å². The zero-order valence-corrected chi connectivity index (χ0v) is 21.2. The minimum Gasteiger partial charge on any atom is -0.337 e. The van der Waals surface area contributed by atoms with Gasteiger partial charge in [-0.05, 0) is 30.0 Å². The monoisotopic (exact) mass is 506 g/mol. The maximum absolute atomic E-state index is 13.7. The highest BCUT2D eigenvalue weighted by molar-refractivity contribution is 7.92. The predicted molar refractivity (Wildman–Crippen MR) is 128 cm³/mol. The molecule has 1 amide bonds. The number of sulfonamides is 1. The SMILES string of the molecule is CC(C(=O)N(C)Cc1nc(-c2ccc(C(C)(C)C)cc2)no1)N(c1ccc(F)c(F)c1)S(C)(=O)=O. The van der Waals surface area contributed by atoms with Crippen LogP contribution >= 0.6 is 0 Å². The summed E-state index contributed by atoms with van der Waals surface area (Å²) < 4.78 is 57.9. The van der Waals surface area contributed by atoms with Crippen LogP contribution in [0.4, 0.5) is 14.5 Å². The average molecular weight is 507 g/mol. The molecule has 8 nitrogen and oxygen atoms in total. The van der Waals surface area contributed by atoms with Crippen LogP contribution in [0.5, 0.6) is 0 Å². The normalized spacial score (nSPS) is 12.9. The molecule has 0 radical (unpaired) electrons. The van der Waals surface area contributed by atoms with Crippen molar-refractivity contribution in [2.75, 3.05) is 17.6 Å². The van der Waals surface area contributed by atoms with Gasteiger partial charge in [0.2, 0.25) is 27.6 Å². The third-order valence-electron chi connectivity index (χ3n) is 5.45. The minimum atomic E-state index is -4.00. The van der Waals surface area contributed by atoms with E-state index in [4.69, 9.17) is 4.52 Å². The zero-order valence-electron chi connectivity index (χ0n) is 20.4. The van der Waals surface area contributed by atoms with Crippen molar-refractivity contribution in [1.82, 2.24) is 15.0 Å². The number of nitrogens with zero attached hydrogens (tertiary/aromatic N) is 4. The molecule has 0 N–H and O–H groups in total. The van der Waals surface area contributed by atoms with Crippen molar-refractivity contribution in [2.45, 2.75) is 45.7 Å². The molecular formula is C24H28F2N4O4S. The van der Waals surface area contributed by atoms with Gasteiger partial charge in [0.25, 0.3) is 0 Å². The number of hydrogen-bond donors (Lipinski definition) is 0. The Labute approximate surface area is 203 Å². The van der Waals surface area contributed by atoms with E-state index in [0.717, 1.165) is 39.9 Å². The van der Waals surface area contributed by atoms with Gasteiger partial charge >= 0.3 is 0 Å². The number of aromatic nitrogens is 2. The molecular weight excluding hydrogens is 478 g/mol. The number of likely N-dealkylation sites (N-methyl/N-ethyl adjacent to an activating group) is 1. The molecule has 3 aromatic rings. The first-order chi connectivity index (χ1) is 16.2. The van der Waals surface area contributed by atoms with Gasteiger partial charge in [0.15, 0.2) is 11.6 Å². The summed E-state index contributed by atoms with van der Waals surface area (Å²) in [5, 5.41) is 3.97. The summed E-state index contributed by atoms with van der Waals surface area (Å²) >= 11 is 0. The average Bonchev–Trinajstić information content (AvgIpc) is 3.22. The van der Waals surface area contributed by atoms with Crippen LogP contribution in [0.1, 0.15) is 39.1 Å². The number of anilines is 1. The van der Waals surface area contributed by atoms with E-state index in [1.807, 2.05) is 24.3 Å². The molecule has 1 unspecified atom stereocenters. The Hall–Kier alpha value is -3.34. The molecule has 0 aliphatic carbocycles. The van der Waals surface area contributed by atoms with Crippen LogP contribution in [0.3, 0.4) is 0 Å². The highest BCUT2D eigenvalue weighted by atomic mass is 32.2. The summed E-state index contributed by atoms with van der Waals surface area (Å²) in [5.41, 5.74) is 1.73. The largest absolute Gasteiger partial charge is 0.337 e. The lowest BCUT2D eigenvalue weighted by molar-refractivity contribution is -0.131. The van der Waals surface area contributed by atoms with Crippen LogP contribution in [0.15, 0.2) is 47.0 Å². The van der Waals surface area contributed by atoms with Crippen molar-refractivity contribution in [3.8, 4) is 11.4 Å². The fourth-order valence-corrected chi connectivity index (χ4v) is 4.74. The molecule has 0 spiro atoms. The van der Waals surface area contributed by atoms with Crippen LogP contribution in [-0.4, -0.2) is 48.7 Å². The van der Waals surface area contributed by atoms with Crippen LogP contribution in [0.25, 0.3) is 11.4 Å². The fourth-order valence-electron chi connectivity index (χ4n) is 3.58. The highest BCUT2D eigenvalue weighted by Gasteiger charge is 2.32.